The van der Waals surface area contributed by atoms with Gasteiger partial charge in [-0.15, -0.1) is 0 Å². The molecule has 0 saturated carbocycles. The predicted molar refractivity (Wildman–Crippen MR) is 77.3 cm³/mol. The summed E-state index contributed by atoms with van der Waals surface area (Å²) in [6.07, 6.45) is 1.48. The van der Waals surface area contributed by atoms with Crippen LogP contribution in [0, 0.1) is 6.92 Å². The summed E-state index contributed by atoms with van der Waals surface area (Å²) in [6, 6.07) is 3.43. The molecule has 0 unspecified atom stereocenters. The molecule has 1 aromatic heterocycles. The Balaban J connectivity index is 2.63. The first-order valence-electron chi connectivity index (χ1n) is 6.03. The van der Waals surface area contributed by atoms with Crippen molar-refractivity contribution in [3.63, 3.8) is 0 Å². The van der Waals surface area contributed by atoms with Crippen LogP contribution in [0.15, 0.2) is 18.3 Å². The summed E-state index contributed by atoms with van der Waals surface area (Å²) < 4.78 is 1.62. The number of carbonyl (C=O) groups is 2. The summed E-state index contributed by atoms with van der Waals surface area (Å²) in [7, 11) is 3.31. The Morgan fingerprint density at radius 1 is 1.35 bits per heavy atom. The van der Waals surface area contributed by atoms with Crippen molar-refractivity contribution in [1.82, 2.24) is 9.47 Å². The maximum atomic E-state index is 11.8. The van der Waals surface area contributed by atoms with Gasteiger partial charge in [-0.3, -0.25) is 4.79 Å². The Bertz CT molecular complexity index is 704. The largest absolute Gasteiger partial charge is 0.478 e. The molecule has 0 bridgehead atoms. The van der Waals surface area contributed by atoms with Gasteiger partial charge in [-0.2, -0.15) is 0 Å². The molecule has 0 aliphatic carbocycles. The number of aryl methyl sites for hydroxylation is 1. The van der Waals surface area contributed by atoms with E-state index in [1.807, 2.05) is 6.92 Å². The van der Waals surface area contributed by atoms with Crippen LogP contribution >= 0.6 is 11.6 Å². The van der Waals surface area contributed by atoms with Crippen LogP contribution in [-0.2, 0) is 11.3 Å². The molecule has 0 radical (unpaired) electrons. The normalized spacial score (nSPS) is 10.8. The molecule has 20 heavy (non-hydrogen) atoms. The number of benzene rings is 1. The Morgan fingerprint density at radius 3 is 2.55 bits per heavy atom. The van der Waals surface area contributed by atoms with Crippen molar-refractivity contribution >= 4 is 34.4 Å². The van der Waals surface area contributed by atoms with Gasteiger partial charge < -0.3 is 14.6 Å². The van der Waals surface area contributed by atoms with E-state index in [9.17, 15) is 14.7 Å². The van der Waals surface area contributed by atoms with Crippen molar-refractivity contribution in [3.05, 3.63) is 34.5 Å². The maximum Gasteiger partial charge on any atom is 0.337 e. The lowest BCUT2D eigenvalue weighted by atomic mass is 10.1. The summed E-state index contributed by atoms with van der Waals surface area (Å²) in [5.74, 6) is -1.14. The molecule has 1 N–H and O–H groups in total. The van der Waals surface area contributed by atoms with E-state index >= 15 is 0 Å². The molecule has 5 nitrogen and oxygen atoms in total. The Morgan fingerprint density at radius 2 is 2.00 bits per heavy atom. The zero-order valence-electron chi connectivity index (χ0n) is 11.5. The first-order chi connectivity index (χ1) is 9.31. The van der Waals surface area contributed by atoms with Crippen molar-refractivity contribution in [2.45, 2.75) is 13.5 Å². The fourth-order valence-corrected chi connectivity index (χ4v) is 2.17. The van der Waals surface area contributed by atoms with E-state index in [2.05, 4.69) is 0 Å². The van der Waals surface area contributed by atoms with E-state index in [1.54, 1.807) is 30.8 Å². The summed E-state index contributed by atoms with van der Waals surface area (Å²) in [6.45, 7) is 1.89. The number of rotatable bonds is 3. The van der Waals surface area contributed by atoms with Crippen LogP contribution in [0.4, 0.5) is 0 Å². The minimum Gasteiger partial charge on any atom is -0.478 e. The lowest BCUT2D eigenvalue weighted by molar-refractivity contribution is -0.129. The highest BCUT2D eigenvalue weighted by atomic mass is 35.5. The minimum atomic E-state index is -1.02. The fraction of sp³-hybridized carbons (Fsp3) is 0.286. The molecule has 2 aromatic rings. The van der Waals surface area contributed by atoms with Crippen LogP contribution in [0.3, 0.4) is 0 Å². The molecule has 1 amide bonds. The molecule has 0 saturated heterocycles. The molecule has 0 aliphatic rings. The molecule has 1 heterocycles. The highest BCUT2D eigenvalue weighted by Crippen LogP contribution is 2.28. The van der Waals surface area contributed by atoms with Gasteiger partial charge in [-0.25, -0.2) is 4.79 Å². The topological polar surface area (TPSA) is 62.5 Å². The highest BCUT2D eigenvalue weighted by molar-refractivity contribution is 6.32. The second-order valence-electron chi connectivity index (χ2n) is 4.88. The minimum absolute atomic E-state index is 0.0795. The number of amides is 1. The molecule has 0 spiro atoms. The maximum absolute atomic E-state index is 11.8. The summed E-state index contributed by atoms with van der Waals surface area (Å²) >= 11 is 6.09. The van der Waals surface area contributed by atoms with Gasteiger partial charge in [0.15, 0.2) is 0 Å². The van der Waals surface area contributed by atoms with E-state index in [4.69, 9.17) is 11.6 Å². The standard InChI is InChI=1S/C14H15ClN2O3/c1-8-4-9-10(14(19)20)6-17(7-13(18)16(2)3)12(9)5-11(8)15/h4-6H,7H2,1-3H3,(H,19,20). The van der Waals surface area contributed by atoms with Gasteiger partial charge in [0, 0.05) is 30.7 Å². The SMILES string of the molecule is Cc1cc2c(C(=O)O)cn(CC(=O)N(C)C)c2cc1Cl. The van der Waals surface area contributed by atoms with Crippen molar-refractivity contribution in [1.29, 1.82) is 0 Å². The van der Waals surface area contributed by atoms with E-state index in [0.717, 1.165) is 5.56 Å². The average Bonchev–Trinajstić information content (AvgIpc) is 2.68. The van der Waals surface area contributed by atoms with Gasteiger partial charge in [0.1, 0.15) is 6.54 Å². The zero-order chi connectivity index (χ0) is 15.0. The van der Waals surface area contributed by atoms with Gasteiger partial charge in [-0.1, -0.05) is 11.6 Å². The monoisotopic (exact) mass is 294 g/mol. The number of hydrogen-bond acceptors (Lipinski definition) is 2. The summed E-state index contributed by atoms with van der Waals surface area (Å²) in [5, 5.41) is 10.4. The number of carboxylic acid groups (broad SMARTS) is 1. The number of aromatic carboxylic acids is 1. The first-order valence-corrected chi connectivity index (χ1v) is 6.41. The number of likely N-dealkylation sites (N-methyl/N-ethyl adjacent to an activating group) is 1. The highest BCUT2D eigenvalue weighted by Gasteiger charge is 2.17. The number of carbonyl (C=O) groups excluding carboxylic acids is 1. The lowest BCUT2D eigenvalue weighted by Gasteiger charge is -2.11. The van der Waals surface area contributed by atoms with Gasteiger partial charge in [0.2, 0.25) is 5.91 Å². The number of aromatic nitrogens is 1. The third-order valence-corrected chi connectivity index (χ3v) is 3.60. The number of halogens is 1. The van der Waals surface area contributed by atoms with Crippen molar-refractivity contribution < 1.29 is 14.7 Å². The van der Waals surface area contributed by atoms with Crippen molar-refractivity contribution in [2.24, 2.45) is 0 Å². The third-order valence-electron chi connectivity index (χ3n) is 3.20. The van der Waals surface area contributed by atoms with Crippen LogP contribution in [-0.4, -0.2) is 40.5 Å². The van der Waals surface area contributed by atoms with Gasteiger partial charge in [0.25, 0.3) is 0 Å². The van der Waals surface area contributed by atoms with E-state index in [0.29, 0.717) is 15.9 Å². The molecule has 6 heteroatoms. The van der Waals surface area contributed by atoms with Gasteiger partial charge in [-0.05, 0) is 24.6 Å². The van der Waals surface area contributed by atoms with Crippen LogP contribution in [0.25, 0.3) is 10.9 Å². The number of hydrogen-bond donors (Lipinski definition) is 1. The lowest BCUT2D eigenvalue weighted by Crippen LogP contribution is -2.25. The summed E-state index contributed by atoms with van der Waals surface area (Å²) in [4.78, 5) is 24.6. The van der Waals surface area contributed by atoms with E-state index in [1.165, 1.54) is 11.1 Å². The molecule has 1 aromatic carbocycles. The molecular formula is C14H15ClN2O3. The molecular weight excluding hydrogens is 280 g/mol. The van der Waals surface area contributed by atoms with E-state index < -0.39 is 5.97 Å². The molecule has 0 aliphatic heterocycles. The molecule has 106 valence electrons. The van der Waals surface area contributed by atoms with E-state index in [-0.39, 0.29) is 18.0 Å². The number of carboxylic acids is 1. The quantitative estimate of drug-likeness (QED) is 0.945. The van der Waals surface area contributed by atoms with Gasteiger partial charge >= 0.3 is 5.97 Å². The molecule has 2 rings (SSSR count). The third kappa shape index (κ3) is 2.49. The van der Waals surface area contributed by atoms with Crippen LogP contribution in [0.5, 0.6) is 0 Å². The van der Waals surface area contributed by atoms with Crippen molar-refractivity contribution in [2.75, 3.05) is 14.1 Å². The zero-order valence-corrected chi connectivity index (χ0v) is 12.2. The summed E-state index contributed by atoms with van der Waals surface area (Å²) in [5.41, 5.74) is 1.62. The van der Waals surface area contributed by atoms with Crippen LogP contribution in [0.1, 0.15) is 15.9 Å². The predicted octanol–water partition coefficient (Wildman–Crippen LogP) is 2.39. The second kappa shape index (κ2) is 5.17. The second-order valence-corrected chi connectivity index (χ2v) is 5.29. The van der Waals surface area contributed by atoms with Gasteiger partial charge in [0.05, 0.1) is 11.1 Å². The number of fused-ring (bicyclic) bond motifs is 1. The van der Waals surface area contributed by atoms with Crippen LogP contribution in [0.2, 0.25) is 5.02 Å². The average molecular weight is 295 g/mol. The Hall–Kier alpha value is -2.01. The van der Waals surface area contributed by atoms with Crippen molar-refractivity contribution in [3.8, 4) is 0 Å². The molecule has 0 fully saturated rings. The smallest absolute Gasteiger partial charge is 0.337 e. The first kappa shape index (κ1) is 14.4. The molecule has 0 atom stereocenters. The Labute approximate surface area is 121 Å². The fourth-order valence-electron chi connectivity index (χ4n) is 2.01. The van der Waals surface area contributed by atoms with Crippen LogP contribution < -0.4 is 0 Å². The Kier molecular flexibility index (Phi) is 3.72. The number of nitrogens with zero attached hydrogens (tertiary/aromatic N) is 2.